The third kappa shape index (κ3) is 3.05. The fourth-order valence-electron chi connectivity index (χ4n) is 2.30. The monoisotopic (exact) mass is 285 g/mol. The number of nitrogens with zero attached hydrogens (tertiary/aromatic N) is 2. The summed E-state index contributed by atoms with van der Waals surface area (Å²) in [6.45, 7) is 4.88. The van der Waals surface area contributed by atoms with E-state index in [1.165, 1.54) is 7.05 Å². The van der Waals surface area contributed by atoms with Crippen LogP contribution in [0.2, 0.25) is 0 Å². The second kappa shape index (κ2) is 5.57. The summed E-state index contributed by atoms with van der Waals surface area (Å²) in [5.41, 5.74) is 1.71. The maximum atomic E-state index is 11.9. The Morgan fingerprint density at radius 1 is 1.24 bits per heavy atom. The van der Waals surface area contributed by atoms with Gasteiger partial charge in [-0.05, 0) is 30.0 Å². The Kier molecular flexibility index (Phi) is 3.99. The number of amides is 2. The largest absolute Gasteiger partial charge is 0.384 e. The zero-order chi connectivity index (χ0) is 15.6. The number of nitriles is 1. The van der Waals surface area contributed by atoms with Crippen LogP contribution in [0.4, 0.5) is 5.69 Å². The van der Waals surface area contributed by atoms with E-state index in [-0.39, 0.29) is 17.2 Å². The molecule has 1 aliphatic heterocycles. The van der Waals surface area contributed by atoms with Gasteiger partial charge in [-0.15, -0.1) is 0 Å². The van der Waals surface area contributed by atoms with E-state index in [1.807, 2.05) is 6.07 Å². The summed E-state index contributed by atoms with van der Waals surface area (Å²) in [7, 11) is 1.49. The predicted molar refractivity (Wildman–Crippen MR) is 80.0 cm³/mol. The number of carbonyl (C=O) groups is 2. The van der Waals surface area contributed by atoms with Crippen LogP contribution in [0.1, 0.15) is 47.4 Å². The molecule has 1 aromatic carbocycles. The molecule has 1 aliphatic rings. The molecule has 0 aliphatic carbocycles. The number of hydrogen-bond acceptors (Lipinski definition) is 4. The average Bonchev–Trinajstić information content (AvgIpc) is 2.68. The van der Waals surface area contributed by atoms with Gasteiger partial charge in [0.1, 0.15) is 0 Å². The molecule has 2 amide bonds. The Labute approximate surface area is 124 Å². The molecular weight excluding hydrogens is 266 g/mol. The van der Waals surface area contributed by atoms with Crippen LogP contribution in [0, 0.1) is 16.7 Å². The van der Waals surface area contributed by atoms with Crippen molar-refractivity contribution in [3.05, 3.63) is 29.3 Å². The highest BCUT2D eigenvalue weighted by Crippen LogP contribution is 2.27. The first-order valence-corrected chi connectivity index (χ1v) is 6.93. The summed E-state index contributed by atoms with van der Waals surface area (Å²) < 4.78 is 0. The number of benzene rings is 1. The lowest BCUT2D eigenvalue weighted by atomic mass is 9.88. The minimum absolute atomic E-state index is 0.00857. The number of carbonyl (C=O) groups excluding carboxylic acids is 2. The van der Waals surface area contributed by atoms with Gasteiger partial charge < -0.3 is 5.32 Å². The number of imide groups is 1. The van der Waals surface area contributed by atoms with E-state index in [0.717, 1.165) is 17.0 Å². The van der Waals surface area contributed by atoms with Gasteiger partial charge in [-0.25, -0.2) is 0 Å². The first-order valence-electron chi connectivity index (χ1n) is 6.93. The summed E-state index contributed by atoms with van der Waals surface area (Å²) in [5.74, 6) is -0.515. The molecule has 1 aromatic rings. The van der Waals surface area contributed by atoms with Crippen molar-refractivity contribution in [2.45, 2.75) is 26.7 Å². The molecule has 5 nitrogen and oxygen atoms in total. The van der Waals surface area contributed by atoms with Gasteiger partial charge >= 0.3 is 0 Å². The lowest BCUT2D eigenvalue weighted by Crippen LogP contribution is -2.24. The van der Waals surface area contributed by atoms with Crippen LogP contribution in [-0.4, -0.2) is 30.3 Å². The fourth-order valence-corrected chi connectivity index (χ4v) is 2.30. The third-order valence-electron chi connectivity index (χ3n) is 3.77. The Balaban J connectivity index is 2.09. The van der Waals surface area contributed by atoms with Crippen molar-refractivity contribution in [2.75, 3.05) is 18.9 Å². The summed E-state index contributed by atoms with van der Waals surface area (Å²) >= 11 is 0. The quantitative estimate of drug-likeness (QED) is 0.844. The zero-order valence-corrected chi connectivity index (χ0v) is 12.6. The van der Waals surface area contributed by atoms with Crippen LogP contribution in [0.25, 0.3) is 0 Å². The average molecular weight is 285 g/mol. The smallest absolute Gasteiger partial charge is 0.261 e. The molecule has 0 unspecified atom stereocenters. The first-order chi connectivity index (χ1) is 9.85. The van der Waals surface area contributed by atoms with Gasteiger partial charge in [0, 0.05) is 25.7 Å². The summed E-state index contributed by atoms with van der Waals surface area (Å²) in [6.07, 6.45) is 1.33. The second-order valence-electron chi connectivity index (χ2n) is 6.11. The van der Waals surface area contributed by atoms with Crippen LogP contribution in [-0.2, 0) is 0 Å². The van der Waals surface area contributed by atoms with Gasteiger partial charge in [0.25, 0.3) is 11.8 Å². The van der Waals surface area contributed by atoms with Gasteiger partial charge in [-0.3, -0.25) is 14.5 Å². The molecule has 0 radical (unpaired) electrons. The molecule has 0 aromatic heterocycles. The SMILES string of the molecule is CN1C(=O)c2ccc(NCC(C)(C)CCC#N)cc2C1=O. The van der Waals surface area contributed by atoms with E-state index >= 15 is 0 Å². The number of rotatable bonds is 5. The standard InChI is InChI=1S/C16H19N3O2/c1-16(2,7-4-8-17)10-18-11-5-6-12-13(9-11)15(21)19(3)14(12)20/h5-6,9,18H,4,7,10H2,1-3H3. The maximum Gasteiger partial charge on any atom is 0.261 e. The normalized spacial score (nSPS) is 14.1. The highest BCUT2D eigenvalue weighted by atomic mass is 16.2. The molecule has 0 saturated heterocycles. The Hall–Kier alpha value is -2.35. The topological polar surface area (TPSA) is 73.2 Å². The van der Waals surface area contributed by atoms with Crippen molar-refractivity contribution < 1.29 is 9.59 Å². The number of nitrogens with one attached hydrogen (secondary N) is 1. The van der Waals surface area contributed by atoms with E-state index < -0.39 is 0 Å². The molecule has 2 rings (SSSR count). The molecule has 110 valence electrons. The molecule has 21 heavy (non-hydrogen) atoms. The van der Waals surface area contributed by atoms with E-state index in [1.54, 1.807) is 12.1 Å². The summed E-state index contributed by atoms with van der Waals surface area (Å²) in [5, 5.41) is 11.9. The van der Waals surface area contributed by atoms with Gasteiger partial charge in [0.05, 0.1) is 17.2 Å². The number of hydrogen-bond donors (Lipinski definition) is 1. The molecule has 0 fully saturated rings. The molecule has 5 heteroatoms. The van der Waals surface area contributed by atoms with Crippen molar-refractivity contribution in [3.63, 3.8) is 0 Å². The number of fused-ring (bicyclic) bond motifs is 1. The summed E-state index contributed by atoms with van der Waals surface area (Å²) in [4.78, 5) is 24.9. The van der Waals surface area contributed by atoms with Crippen molar-refractivity contribution >= 4 is 17.5 Å². The highest BCUT2D eigenvalue weighted by molar-refractivity contribution is 6.21. The second-order valence-corrected chi connectivity index (χ2v) is 6.11. The summed E-state index contributed by atoms with van der Waals surface area (Å²) in [6, 6.07) is 7.37. The van der Waals surface area contributed by atoms with Crippen molar-refractivity contribution in [2.24, 2.45) is 5.41 Å². The lowest BCUT2D eigenvalue weighted by molar-refractivity contribution is 0.0693. The van der Waals surface area contributed by atoms with Gasteiger partial charge in [0.2, 0.25) is 0 Å². The maximum absolute atomic E-state index is 11.9. The van der Waals surface area contributed by atoms with Crippen LogP contribution in [0.15, 0.2) is 18.2 Å². The van der Waals surface area contributed by atoms with Gasteiger partial charge in [-0.2, -0.15) is 5.26 Å². The Morgan fingerprint density at radius 3 is 2.57 bits per heavy atom. The predicted octanol–water partition coefficient (Wildman–Crippen LogP) is 2.65. The third-order valence-corrected chi connectivity index (χ3v) is 3.77. The van der Waals surface area contributed by atoms with Crippen LogP contribution >= 0.6 is 0 Å². The van der Waals surface area contributed by atoms with E-state index in [9.17, 15) is 9.59 Å². The Bertz CT molecular complexity index is 629. The number of anilines is 1. The molecule has 0 spiro atoms. The van der Waals surface area contributed by atoms with Crippen molar-refractivity contribution in [3.8, 4) is 6.07 Å². The van der Waals surface area contributed by atoms with E-state index in [4.69, 9.17) is 5.26 Å². The van der Waals surface area contributed by atoms with Crippen LogP contribution < -0.4 is 5.32 Å². The molecule has 0 saturated carbocycles. The molecule has 0 bridgehead atoms. The lowest BCUT2D eigenvalue weighted by Gasteiger charge is -2.24. The van der Waals surface area contributed by atoms with Gasteiger partial charge in [-0.1, -0.05) is 13.8 Å². The van der Waals surface area contributed by atoms with Crippen molar-refractivity contribution in [1.29, 1.82) is 5.26 Å². The minimum Gasteiger partial charge on any atom is -0.384 e. The fraction of sp³-hybridized carbons (Fsp3) is 0.438. The van der Waals surface area contributed by atoms with E-state index in [2.05, 4.69) is 25.2 Å². The molecule has 1 N–H and O–H groups in total. The van der Waals surface area contributed by atoms with E-state index in [0.29, 0.717) is 24.1 Å². The van der Waals surface area contributed by atoms with Crippen LogP contribution in [0.3, 0.4) is 0 Å². The Morgan fingerprint density at radius 2 is 1.90 bits per heavy atom. The first kappa shape index (κ1) is 15.0. The van der Waals surface area contributed by atoms with Gasteiger partial charge in [0.15, 0.2) is 0 Å². The minimum atomic E-state index is -0.262. The molecule has 0 atom stereocenters. The molecule has 1 heterocycles. The zero-order valence-electron chi connectivity index (χ0n) is 12.6. The van der Waals surface area contributed by atoms with Crippen LogP contribution in [0.5, 0.6) is 0 Å². The molecular formula is C16H19N3O2. The highest BCUT2D eigenvalue weighted by Gasteiger charge is 2.32. The van der Waals surface area contributed by atoms with Crippen molar-refractivity contribution in [1.82, 2.24) is 4.90 Å².